The summed E-state index contributed by atoms with van der Waals surface area (Å²) in [6.07, 6.45) is 3.54. The molecule has 0 heterocycles. The van der Waals surface area contributed by atoms with Crippen molar-refractivity contribution in [2.75, 3.05) is 33.1 Å². The summed E-state index contributed by atoms with van der Waals surface area (Å²) >= 11 is 3.53. The fourth-order valence-corrected chi connectivity index (χ4v) is 7.82. The van der Waals surface area contributed by atoms with Crippen LogP contribution in [0.4, 0.5) is 8.78 Å². The highest BCUT2D eigenvalue weighted by molar-refractivity contribution is 7.79. The monoisotopic (exact) mass is 589 g/mol. The summed E-state index contributed by atoms with van der Waals surface area (Å²) < 4.78 is 36.7. The fourth-order valence-electron chi connectivity index (χ4n) is 7.82. The number of aliphatic hydroxyl groups is 2. The van der Waals surface area contributed by atoms with Gasteiger partial charge >= 0.3 is 5.97 Å². The van der Waals surface area contributed by atoms with Gasteiger partial charge in [0.25, 0.3) is 0 Å². The molecule has 0 aliphatic heterocycles. The quantitative estimate of drug-likeness (QED) is 0.281. The lowest BCUT2D eigenvalue weighted by molar-refractivity contribution is -0.211. The normalized spacial score (nSPS) is 38.8. The average Bonchev–Trinajstić information content (AvgIpc) is 3.21. The van der Waals surface area contributed by atoms with Crippen molar-refractivity contribution in [2.24, 2.45) is 28.1 Å². The number of hydrogen-bond donors (Lipinski definition) is 4. The Morgan fingerprint density at radius 1 is 1.23 bits per heavy atom. The van der Waals surface area contributed by atoms with Gasteiger partial charge in [-0.15, -0.1) is 0 Å². The molecule has 3 saturated carbocycles. The minimum Gasteiger partial charge on any atom is -0.466 e. The highest BCUT2D eigenvalue weighted by Gasteiger charge is 2.75. The zero-order valence-electron chi connectivity index (χ0n) is 25.2. The smallest absolute Gasteiger partial charge is 0.302 e. The van der Waals surface area contributed by atoms with Crippen molar-refractivity contribution in [1.82, 2.24) is 5.32 Å². The van der Waals surface area contributed by atoms with Crippen LogP contribution in [0.15, 0.2) is 23.8 Å². The van der Waals surface area contributed by atoms with Gasteiger partial charge in [-0.1, -0.05) is 26.8 Å². The maximum absolute atomic E-state index is 17.0. The molecule has 1 unspecified atom stereocenters. The first kappa shape index (κ1) is 36.4. The van der Waals surface area contributed by atoms with Crippen molar-refractivity contribution in [3.8, 4) is 0 Å². The van der Waals surface area contributed by atoms with Gasteiger partial charge in [-0.25, -0.2) is 8.78 Å². The number of ketones is 2. The number of alkyl halides is 2. The van der Waals surface area contributed by atoms with E-state index in [1.165, 1.54) is 25.2 Å². The minimum atomic E-state index is -2.14. The number of aliphatic hydroxyl groups excluding tert-OH is 2. The van der Waals surface area contributed by atoms with Crippen molar-refractivity contribution in [3.05, 3.63) is 23.8 Å². The number of allylic oxidation sites excluding steroid dienone is 4. The van der Waals surface area contributed by atoms with E-state index in [-0.39, 0.29) is 41.9 Å². The number of nitrogens with one attached hydrogen (secondary N) is 1. The maximum atomic E-state index is 17.0. The Labute approximate surface area is 243 Å². The molecule has 4 rings (SSSR count). The van der Waals surface area contributed by atoms with Crippen LogP contribution in [-0.4, -0.2) is 78.8 Å². The third-order valence-corrected chi connectivity index (χ3v) is 9.50. The van der Waals surface area contributed by atoms with Gasteiger partial charge in [0.2, 0.25) is 0 Å². The third kappa shape index (κ3) is 5.83. The summed E-state index contributed by atoms with van der Waals surface area (Å²) in [5.74, 6) is -2.02. The molecule has 10 heteroatoms. The summed E-state index contributed by atoms with van der Waals surface area (Å²) in [5, 5.41) is 24.0. The molecule has 0 bridgehead atoms. The van der Waals surface area contributed by atoms with Crippen LogP contribution >= 0.6 is 12.6 Å². The molecule has 8 atom stereocenters. The summed E-state index contributed by atoms with van der Waals surface area (Å²) in [6.45, 7) is 10.8. The molecular weight excluding hydrogens is 540 g/mol. The topological polar surface area (TPSA) is 113 Å². The molecule has 0 spiro atoms. The van der Waals surface area contributed by atoms with E-state index in [1.54, 1.807) is 27.2 Å². The van der Waals surface area contributed by atoms with Crippen LogP contribution in [-0.2, 0) is 19.1 Å². The summed E-state index contributed by atoms with van der Waals surface area (Å²) in [4.78, 5) is 34.6. The largest absolute Gasteiger partial charge is 0.466 e. The molecule has 0 aromatic carbocycles. The summed E-state index contributed by atoms with van der Waals surface area (Å²) in [6, 6.07) is 0. The van der Waals surface area contributed by atoms with E-state index in [0.717, 1.165) is 0 Å². The highest BCUT2D eigenvalue weighted by Crippen LogP contribution is 2.71. The second-order valence-corrected chi connectivity index (χ2v) is 11.0. The van der Waals surface area contributed by atoms with Crippen LogP contribution in [0.3, 0.4) is 0 Å². The number of fused-ring (bicyclic) bond motifs is 5. The van der Waals surface area contributed by atoms with Gasteiger partial charge in [0.05, 0.1) is 12.7 Å². The SMILES string of the molecule is CC.CCOC(C)=O.CNC[C@]1(C(=O)CO)CCC2[C@@H]3C[C@H](F)C4=CC(=O)C=C[C@]4(C)[C@@]3(F)[C@@H](O)C[C@@]21C.CS. The van der Waals surface area contributed by atoms with Crippen LogP contribution in [0.25, 0.3) is 0 Å². The van der Waals surface area contributed by atoms with Crippen LogP contribution in [0, 0.1) is 28.1 Å². The Morgan fingerprint density at radius 2 is 1.82 bits per heavy atom. The van der Waals surface area contributed by atoms with Gasteiger partial charge in [-0.2, -0.15) is 12.6 Å². The molecule has 4 aliphatic rings. The lowest BCUT2D eigenvalue weighted by Gasteiger charge is -2.63. The van der Waals surface area contributed by atoms with Crippen molar-refractivity contribution in [3.63, 3.8) is 0 Å². The molecule has 0 amide bonds. The molecule has 7 nitrogen and oxygen atoms in total. The van der Waals surface area contributed by atoms with E-state index in [1.807, 2.05) is 20.8 Å². The Bertz CT molecular complexity index is 976. The number of ether oxygens (including phenoxy) is 1. The van der Waals surface area contributed by atoms with Gasteiger partial charge in [-0.3, -0.25) is 14.4 Å². The lowest BCUT2D eigenvalue weighted by atomic mass is 9.43. The summed E-state index contributed by atoms with van der Waals surface area (Å²) in [5.41, 5.74) is -5.17. The molecule has 0 saturated heterocycles. The van der Waals surface area contributed by atoms with Gasteiger partial charge in [0.1, 0.15) is 12.8 Å². The number of hydrogen-bond acceptors (Lipinski definition) is 8. The van der Waals surface area contributed by atoms with E-state index in [2.05, 4.69) is 22.7 Å². The van der Waals surface area contributed by atoms with Crippen LogP contribution < -0.4 is 5.32 Å². The van der Waals surface area contributed by atoms with E-state index in [9.17, 15) is 24.6 Å². The molecule has 0 aromatic heterocycles. The maximum Gasteiger partial charge on any atom is 0.302 e. The zero-order chi connectivity index (χ0) is 31.1. The van der Waals surface area contributed by atoms with Crippen molar-refractivity contribution in [2.45, 2.75) is 85.2 Å². The number of rotatable bonds is 5. The van der Waals surface area contributed by atoms with Crippen LogP contribution in [0.1, 0.15) is 67.2 Å². The first-order valence-corrected chi connectivity index (χ1v) is 15.0. The van der Waals surface area contributed by atoms with Crippen molar-refractivity contribution >= 4 is 30.2 Å². The van der Waals surface area contributed by atoms with Crippen molar-refractivity contribution in [1.29, 1.82) is 0 Å². The zero-order valence-corrected chi connectivity index (χ0v) is 26.1. The molecule has 40 heavy (non-hydrogen) atoms. The van der Waals surface area contributed by atoms with Gasteiger partial charge in [0, 0.05) is 30.2 Å². The highest BCUT2D eigenvalue weighted by atomic mass is 32.1. The Kier molecular flexibility index (Phi) is 13.2. The molecule has 3 N–H and O–H groups in total. The van der Waals surface area contributed by atoms with E-state index >= 15 is 8.78 Å². The lowest BCUT2D eigenvalue weighted by Crippen LogP contribution is -2.69. The fraction of sp³-hybridized carbons (Fsp3) is 0.767. The molecule has 230 valence electrons. The first-order valence-electron chi connectivity index (χ1n) is 14.1. The standard InChI is InChI=1S/C23H31F2NO4.C4H8O2.C2H6.CH4S/c1-20-6-4-13(28)8-16(20)17(24)9-15-14-5-7-22(12-26-3,19(30)11-27)21(14,2)10-18(29)23(15,20)25;1-3-6-4(2)5;2*1-2/h4,6,8,14-15,17-18,26-27,29H,5,7,9-12H2,1-3H3;3H2,1-2H3;1-2H3;2H,1H3/t14?,15-,17-,18-,20-,21-,22-,23-;;;/m0.../s1. The number of carbonyl (C=O) groups is 3. The third-order valence-electron chi connectivity index (χ3n) is 9.50. The number of Topliss-reactive ketones (excluding diaryl/α,β-unsaturated/α-hetero) is 1. The Hall–Kier alpha value is -1.62. The molecule has 3 fully saturated rings. The number of thiol groups is 1. The predicted molar refractivity (Wildman–Crippen MR) is 156 cm³/mol. The van der Waals surface area contributed by atoms with Gasteiger partial charge in [-0.05, 0) is 81.9 Å². The number of halogens is 2. The molecule has 0 aromatic rings. The second kappa shape index (κ2) is 14.5. The van der Waals surface area contributed by atoms with E-state index in [4.69, 9.17) is 0 Å². The summed E-state index contributed by atoms with van der Waals surface area (Å²) in [7, 11) is 1.72. The minimum absolute atomic E-state index is 0.0414. The number of carbonyl (C=O) groups excluding carboxylic acids is 3. The van der Waals surface area contributed by atoms with Gasteiger partial charge < -0.3 is 20.3 Å². The molecular formula is C30H49F2NO6S. The predicted octanol–water partition coefficient (Wildman–Crippen LogP) is 4.21. The second-order valence-electron chi connectivity index (χ2n) is 11.0. The Morgan fingerprint density at radius 3 is 2.30 bits per heavy atom. The van der Waals surface area contributed by atoms with Crippen LogP contribution in [0.5, 0.6) is 0 Å². The average molecular weight is 590 g/mol. The molecule has 4 aliphatic carbocycles. The van der Waals surface area contributed by atoms with Crippen LogP contribution in [0.2, 0.25) is 0 Å². The first-order chi connectivity index (χ1) is 18.8. The van der Waals surface area contributed by atoms with E-state index < -0.39 is 46.7 Å². The van der Waals surface area contributed by atoms with Crippen molar-refractivity contribution < 1.29 is 38.1 Å². The Balaban J connectivity index is 0.000000700. The number of esters is 1. The molecule has 0 radical (unpaired) electrons. The van der Waals surface area contributed by atoms with Gasteiger partial charge in [0.15, 0.2) is 17.2 Å². The van der Waals surface area contributed by atoms with E-state index in [0.29, 0.717) is 26.0 Å².